The molecular weight excluding hydrogens is 446 g/mol. The van der Waals surface area contributed by atoms with E-state index in [1.54, 1.807) is 17.7 Å². The van der Waals surface area contributed by atoms with E-state index in [9.17, 15) is 9.59 Å². The summed E-state index contributed by atoms with van der Waals surface area (Å²) in [7, 11) is 0. The molecule has 4 rings (SSSR count). The van der Waals surface area contributed by atoms with Crippen molar-refractivity contribution >= 4 is 50.7 Å². The number of carbonyl (C=O) groups is 2. The molecule has 30 heavy (non-hydrogen) atoms. The lowest BCUT2D eigenvalue weighted by Crippen LogP contribution is -2.27. The third-order valence-corrected chi connectivity index (χ3v) is 6.10. The van der Waals surface area contributed by atoms with Crippen molar-refractivity contribution in [2.45, 2.75) is 26.2 Å². The van der Waals surface area contributed by atoms with Crippen molar-refractivity contribution in [3.05, 3.63) is 63.8 Å². The summed E-state index contributed by atoms with van der Waals surface area (Å²) in [5, 5.41) is 3.93. The Balaban J connectivity index is 1.86. The van der Waals surface area contributed by atoms with Crippen LogP contribution in [0.2, 0.25) is 0 Å². The van der Waals surface area contributed by atoms with Gasteiger partial charge in [-0.1, -0.05) is 34.1 Å². The Morgan fingerprint density at radius 3 is 2.83 bits per heavy atom. The molecule has 154 valence electrons. The van der Waals surface area contributed by atoms with Gasteiger partial charge in [0.2, 0.25) is 0 Å². The van der Waals surface area contributed by atoms with Gasteiger partial charge in [-0.05, 0) is 55.7 Å². The first-order valence-corrected chi connectivity index (χ1v) is 10.7. The highest BCUT2D eigenvalue weighted by Gasteiger charge is 2.32. The summed E-state index contributed by atoms with van der Waals surface area (Å²) in [5.74, 6) is -1.13. The SMILES string of the molecule is CCOC(=O)C1C=NCCc2c1n(C(=O)Nc1ccc(Br)c(C)c1)c1ccccc21. The maximum atomic E-state index is 13.4. The number of aliphatic imine (C=N–C) groups is 1. The molecule has 1 atom stereocenters. The minimum absolute atomic E-state index is 0.267. The first kappa shape index (κ1) is 20.3. The Bertz CT molecular complexity index is 1170. The van der Waals surface area contributed by atoms with Gasteiger partial charge in [0, 0.05) is 28.3 Å². The van der Waals surface area contributed by atoms with Crippen LogP contribution in [-0.2, 0) is 16.0 Å². The van der Waals surface area contributed by atoms with E-state index in [-0.39, 0.29) is 12.6 Å². The van der Waals surface area contributed by atoms with Crippen LogP contribution in [0.1, 0.15) is 29.7 Å². The van der Waals surface area contributed by atoms with Crippen molar-refractivity contribution in [1.29, 1.82) is 0 Å². The Labute approximate surface area is 183 Å². The highest BCUT2D eigenvalue weighted by atomic mass is 79.9. The lowest BCUT2D eigenvalue weighted by Gasteiger charge is -2.16. The topological polar surface area (TPSA) is 72.7 Å². The van der Waals surface area contributed by atoms with E-state index < -0.39 is 11.9 Å². The molecule has 6 nitrogen and oxygen atoms in total. The van der Waals surface area contributed by atoms with E-state index in [1.807, 2.05) is 49.4 Å². The van der Waals surface area contributed by atoms with Crippen LogP contribution in [-0.4, -0.2) is 35.9 Å². The number of hydrogen-bond donors (Lipinski definition) is 1. The minimum Gasteiger partial charge on any atom is -0.465 e. The molecule has 3 aromatic rings. The molecule has 1 aliphatic heterocycles. The van der Waals surface area contributed by atoms with Crippen molar-refractivity contribution in [1.82, 2.24) is 4.57 Å². The molecular formula is C23H22BrN3O3. The smallest absolute Gasteiger partial charge is 0.330 e. The monoisotopic (exact) mass is 467 g/mol. The first-order valence-electron chi connectivity index (χ1n) is 9.87. The normalized spacial score (nSPS) is 15.5. The minimum atomic E-state index is -0.729. The van der Waals surface area contributed by atoms with Crippen LogP contribution in [0.25, 0.3) is 10.9 Å². The number of halogens is 1. The molecule has 0 saturated heterocycles. The molecule has 0 aliphatic carbocycles. The van der Waals surface area contributed by atoms with Crippen molar-refractivity contribution in [3.8, 4) is 0 Å². The summed E-state index contributed by atoms with van der Waals surface area (Å²) < 4.78 is 7.86. The standard InChI is InChI=1S/C23H22BrN3O3/c1-3-30-22(28)18-13-25-11-10-17-16-6-4-5-7-20(16)27(21(17)18)23(29)26-15-8-9-19(24)14(2)12-15/h4-9,12-13,18H,3,10-11H2,1-2H3,(H,26,29). The van der Waals surface area contributed by atoms with Crippen LogP contribution in [0.3, 0.4) is 0 Å². The third kappa shape index (κ3) is 3.65. The summed E-state index contributed by atoms with van der Waals surface area (Å²) in [6.07, 6.45) is 2.26. The van der Waals surface area contributed by atoms with E-state index in [0.29, 0.717) is 24.3 Å². The highest BCUT2D eigenvalue weighted by Crippen LogP contribution is 2.34. The van der Waals surface area contributed by atoms with Crippen molar-refractivity contribution in [2.75, 3.05) is 18.5 Å². The van der Waals surface area contributed by atoms with Gasteiger partial charge in [-0.15, -0.1) is 0 Å². The van der Waals surface area contributed by atoms with Gasteiger partial charge >= 0.3 is 12.0 Å². The van der Waals surface area contributed by atoms with Gasteiger partial charge < -0.3 is 10.1 Å². The molecule has 1 unspecified atom stereocenters. The van der Waals surface area contributed by atoms with Crippen molar-refractivity contribution < 1.29 is 14.3 Å². The molecule has 0 spiro atoms. The van der Waals surface area contributed by atoms with Crippen molar-refractivity contribution in [3.63, 3.8) is 0 Å². The van der Waals surface area contributed by atoms with Gasteiger partial charge in [0.05, 0.1) is 17.8 Å². The number of para-hydroxylation sites is 1. The molecule has 1 aromatic heterocycles. The lowest BCUT2D eigenvalue weighted by molar-refractivity contribution is -0.143. The fourth-order valence-corrected chi connectivity index (χ4v) is 4.11. The van der Waals surface area contributed by atoms with Crippen LogP contribution in [0, 0.1) is 6.92 Å². The first-order chi connectivity index (χ1) is 14.5. The summed E-state index contributed by atoms with van der Waals surface area (Å²) in [6.45, 7) is 4.56. The number of fused-ring (bicyclic) bond motifs is 3. The number of benzene rings is 2. The number of carbonyl (C=O) groups excluding carboxylic acids is 2. The number of amides is 1. The Morgan fingerprint density at radius 2 is 2.07 bits per heavy atom. The summed E-state index contributed by atoms with van der Waals surface area (Å²) >= 11 is 3.48. The number of anilines is 1. The van der Waals surface area contributed by atoms with Crippen LogP contribution >= 0.6 is 15.9 Å². The van der Waals surface area contributed by atoms with Crippen LogP contribution in [0.5, 0.6) is 0 Å². The molecule has 0 fully saturated rings. The van der Waals surface area contributed by atoms with E-state index in [1.165, 1.54) is 0 Å². The van der Waals surface area contributed by atoms with E-state index in [0.717, 1.165) is 26.5 Å². The van der Waals surface area contributed by atoms with Gasteiger partial charge in [0.25, 0.3) is 0 Å². The van der Waals surface area contributed by atoms with E-state index in [2.05, 4.69) is 26.2 Å². The Kier molecular flexibility index (Phi) is 5.72. The maximum absolute atomic E-state index is 13.4. The zero-order valence-corrected chi connectivity index (χ0v) is 18.4. The molecule has 7 heteroatoms. The molecule has 0 radical (unpaired) electrons. The zero-order chi connectivity index (χ0) is 21.3. The second-order valence-electron chi connectivity index (χ2n) is 7.15. The highest BCUT2D eigenvalue weighted by molar-refractivity contribution is 9.10. The molecule has 0 bridgehead atoms. The van der Waals surface area contributed by atoms with Gasteiger partial charge in [-0.25, -0.2) is 4.79 Å². The van der Waals surface area contributed by atoms with Crippen LogP contribution < -0.4 is 5.32 Å². The molecule has 1 amide bonds. The number of rotatable bonds is 3. The second-order valence-corrected chi connectivity index (χ2v) is 8.00. The van der Waals surface area contributed by atoms with Gasteiger partial charge in [-0.3, -0.25) is 14.4 Å². The summed E-state index contributed by atoms with van der Waals surface area (Å²) in [4.78, 5) is 30.6. The maximum Gasteiger partial charge on any atom is 0.330 e. The van der Waals surface area contributed by atoms with Gasteiger partial charge in [-0.2, -0.15) is 0 Å². The largest absolute Gasteiger partial charge is 0.465 e. The number of aryl methyl sites for hydroxylation is 1. The average Bonchev–Trinajstić information content (AvgIpc) is 2.89. The molecule has 1 aliphatic rings. The molecule has 0 saturated carbocycles. The number of ether oxygens (including phenoxy) is 1. The fourth-order valence-electron chi connectivity index (χ4n) is 3.87. The average molecular weight is 468 g/mol. The predicted octanol–water partition coefficient (Wildman–Crippen LogP) is 5.07. The fraction of sp³-hybridized carbons (Fsp3) is 0.261. The number of nitrogens with one attached hydrogen (secondary N) is 1. The quantitative estimate of drug-likeness (QED) is 0.546. The summed E-state index contributed by atoms with van der Waals surface area (Å²) in [5.41, 5.74) is 4.05. The lowest BCUT2D eigenvalue weighted by atomic mass is 10.00. The van der Waals surface area contributed by atoms with Gasteiger partial charge in [0.15, 0.2) is 0 Å². The van der Waals surface area contributed by atoms with Crippen LogP contribution in [0.15, 0.2) is 51.9 Å². The Hall–Kier alpha value is -2.93. The third-order valence-electron chi connectivity index (χ3n) is 5.21. The molecule has 2 aromatic carbocycles. The van der Waals surface area contributed by atoms with Gasteiger partial charge in [0.1, 0.15) is 5.92 Å². The zero-order valence-electron chi connectivity index (χ0n) is 16.8. The molecule has 1 N–H and O–H groups in total. The Morgan fingerprint density at radius 1 is 1.27 bits per heavy atom. The number of esters is 1. The van der Waals surface area contributed by atoms with E-state index in [4.69, 9.17) is 4.74 Å². The number of nitrogens with zero attached hydrogens (tertiary/aromatic N) is 2. The second kappa shape index (κ2) is 8.44. The van der Waals surface area contributed by atoms with Crippen molar-refractivity contribution in [2.24, 2.45) is 4.99 Å². The van der Waals surface area contributed by atoms with Crippen LogP contribution in [0.4, 0.5) is 10.5 Å². The predicted molar refractivity (Wildman–Crippen MR) is 122 cm³/mol. The van der Waals surface area contributed by atoms with E-state index >= 15 is 0 Å². The summed E-state index contributed by atoms with van der Waals surface area (Å²) in [6, 6.07) is 13.0. The number of hydrogen-bond acceptors (Lipinski definition) is 4. The number of aromatic nitrogens is 1. The molecule has 2 heterocycles.